The third-order valence-electron chi connectivity index (χ3n) is 3.59. The average Bonchev–Trinajstić information content (AvgIpc) is 2.78. The Balaban J connectivity index is 2.39. The SMILES string of the molecule is COc1ccccc1N(C)C(CN)c1cc(C)sc1C. The van der Waals surface area contributed by atoms with Crippen LogP contribution >= 0.6 is 11.3 Å². The monoisotopic (exact) mass is 290 g/mol. The Morgan fingerprint density at radius 1 is 1.30 bits per heavy atom. The summed E-state index contributed by atoms with van der Waals surface area (Å²) in [5.41, 5.74) is 8.41. The second-order valence-corrected chi connectivity index (χ2v) is 6.36. The molecule has 0 aliphatic rings. The molecule has 3 nitrogen and oxygen atoms in total. The Labute approximate surface area is 125 Å². The third-order valence-corrected chi connectivity index (χ3v) is 4.58. The summed E-state index contributed by atoms with van der Waals surface area (Å²) in [6, 6.07) is 10.4. The summed E-state index contributed by atoms with van der Waals surface area (Å²) in [7, 11) is 3.77. The highest BCUT2D eigenvalue weighted by atomic mass is 32.1. The molecule has 0 radical (unpaired) electrons. The quantitative estimate of drug-likeness (QED) is 0.916. The van der Waals surface area contributed by atoms with Crippen molar-refractivity contribution in [3.8, 4) is 5.75 Å². The van der Waals surface area contributed by atoms with Crippen molar-refractivity contribution in [2.45, 2.75) is 19.9 Å². The van der Waals surface area contributed by atoms with Crippen LogP contribution < -0.4 is 15.4 Å². The maximum Gasteiger partial charge on any atom is 0.142 e. The highest BCUT2D eigenvalue weighted by Crippen LogP contribution is 2.35. The zero-order valence-electron chi connectivity index (χ0n) is 12.5. The van der Waals surface area contributed by atoms with Crippen molar-refractivity contribution in [3.05, 3.63) is 45.6 Å². The molecule has 0 spiro atoms. The second kappa shape index (κ2) is 6.29. The maximum absolute atomic E-state index is 6.03. The Bertz CT molecular complexity index is 580. The van der Waals surface area contributed by atoms with Gasteiger partial charge in [0.25, 0.3) is 0 Å². The van der Waals surface area contributed by atoms with Crippen molar-refractivity contribution in [2.75, 3.05) is 25.6 Å². The highest BCUT2D eigenvalue weighted by Gasteiger charge is 2.21. The van der Waals surface area contributed by atoms with E-state index in [1.807, 2.05) is 29.5 Å². The van der Waals surface area contributed by atoms with E-state index in [-0.39, 0.29) is 6.04 Å². The molecular formula is C16H22N2OS. The van der Waals surface area contributed by atoms with Crippen LogP contribution in [0.2, 0.25) is 0 Å². The van der Waals surface area contributed by atoms with E-state index < -0.39 is 0 Å². The van der Waals surface area contributed by atoms with Crippen molar-refractivity contribution >= 4 is 17.0 Å². The van der Waals surface area contributed by atoms with Gasteiger partial charge in [0.1, 0.15) is 5.75 Å². The number of ether oxygens (including phenoxy) is 1. The van der Waals surface area contributed by atoms with Crippen LogP contribution in [0.15, 0.2) is 30.3 Å². The molecule has 0 bridgehead atoms. The molecule has 2 rings (SSSR count). The summed E-state index contributed by atoms with van der Waals surface area (Å²) in [5.74, 6) is 0.873. The molecule has 0 aliphatic carbocycles. The lowest BCUT2D eigenvalue weighted by Crippen LogP contribution is -2.30. The fourth-order valence-electron chi connectivity index (χ4n) is 2.56. The van der Waals surface area contributed by atoms with Gasteiger partial charge in [0.2, 0.25) is 0 Å². The first-order chi connectivity index (χ1) is 9.58. The predicted octanol–water partition coefficient (Wildman–Crippen LogP) is 3.51. The molecule has 2 aromatic rings. The molecule has 108 valence electrons. The molecule has 20 heavy (non-hydrogen) atoms. The van der Waals surface area contributed by atoms with Gasteiger partial charge in [0, 0.05) is 23.3 Å². The zero-order chi connectivity index (χ0) is 14.7. The van der Waals surface area contributed by atoms with Gasteiger partial charge in [-0.05, 0) is 37.6 Å². The maximum atomic E-state index is 6.03. The van der Waals surface area contributed by atoms with E-state index in [9.17, 15) is 0 Å². The minimum Gasteiger partial charge on any atom is -0.495 e. The van der Waals surface area contributed by atoms with Gasteiger partial charge in [-0.25, -0.2) is 0 Å². The summed E-state index contributed by atoms with van der Waals surface area (Å²) in [4.78, 5) is 4.86. The van der Waals surface area contributed by atoms with Gasteiger partial charge in [-0.1, -0.05) is 12.1 Å². The Morgan fingerprint density at radius 2 is 2.00 bits per heavy atom. The summed E-state index contributed by atoms with van der Waals surface area (Å²) in [6.07, 6.45) is 0. The first kappa shape index (κ1) is 14.9. The highest BCUT2D eigenvalue weighted by molar-refractivity contribution is 7.12. The number of nitrogens with two attached hydrogens (primary N) is 1. The number of benzene rings is 1. The van der Waals surface area contributed by atoms with Crippen LogP contribution in [0.5, 0.6) is 5.75 Å². The van der Waals surface area contributed by atoms with Crippen molar-refractivity contribution in [1.82, 2.24) is 0 Å². The van der Waals surface area contributed by atoms with Gasteiger partial charge >= 0.3 is 0 Å². The lowest BCUT2D eigenvalue weighted by atomic mass is 10.1. The largest absolute Gasteiger partial charge is 0.495 e. The first-order valence-electron chi connectivity index (χ1n) is 6.71. The molecule has 1 heterocycles. The van der Waals surface area contributed by atoms with Crippen LogP contribution in [-0.4, -0.2) is 20.7 Å². The van der Waals surface area contributed by atoms with E-state index >= 15 is 0 Å². The van der Waals surface area contributed by atoms with Gasteiger partial charge in [-0.3, -0.25) is 0 Å². The van der Waals surface area contributed by atoms with Crippen LogP contribution in [0.4, 0.5) is 5.69 Å². The number of rotatable bonds is 5. The number of nitrogens with zero attached hydrogens (tertiary/aromatic N) is 1. The van der Waals surface area contributed by atoms with E-state index in [0.717, 1.165) is 11.4 Å². The number of aryl methyl sites for hydroxylation is 2. The number of anilines is 1. The smallest absolute Gasteiger partial charge is 0.142 e. The van der Waals surface area contributed by atoms with E-state index in [2.05, 4.69) is 37.9 Å². The van der Waals surface area contributed by atoms with Crippen LogP contribution in [-0.2, 0) is 0 Å². The lowest BCUT2D eigenvalue weighted by molar-refractivity contribution is 0.413. The Morgan fingerprint density at radius 3 is 2.55 bits per heavy atom. The molecule has 1 atom stereocenters. The van der Waals surface area contributed by atoms with Gasteiger partial charge < -0.3 is 15.4 Å². The summed E-state index contributed by atoms with van der Waals surface area (Å²) < 4.78 is 5.45. The summed E-state index contributed by atoms with van der Waals surface area (Å²) in [5, 5.41) is 0. The minimum atomic E-state index is 0.163. The lowest BCUT2D eigenvalue weighted by Gasteiger charge is -2.30. The average molecular weight is 290 g/mol. The number of likely N-dealkylation sites (N-methyl/N-ethyl adjacent to an activating group) is 1. The van der Waals surface area contributed by atoms with Gasteiger partial charge in [0.15, 0.2) is 0 Å². The zero-order valence-corrected chi connectivity index (χ0v) is 13.3. The van der Waals surface area contributed by atoms with Crippen molar-refractivity contribution in [1.29, 1.82) is 0 Å². The normalized spacial score (nSPS) is 12.2. The Kier molecular flexibility index (Phi) is 4.68. The molecule has 1 aromatic carbocycles. The topological polar surface area (TPSA) is 38.5 Å². The van der Waals surface area contributed by atoms with Crippen LogP contribution in [0.1, 0.15) is 21.4 Å². The summed E-state index contributed by atoms with van der Waals surface area (Å²) in [6.45, 7) is 4.87. The molecule has 1 unspecified atom stereocenters. The number of para-hydroxylation sites is 2. The molecule has 0 saturated carbocycles. The van der Waals surface area contributed by atoms with E-state index in [0.29, 0.717) is 6.54 Å². The molecule has 4 heteroatoms. The fourth-order valence-corrected chi connectivity index (χ4v) is 3.55. The molecule has 0 fully saturated rings. The third kappa shape index (κ3) is 2.81. The van der Waals surface area contributed by atoms with Gasteiger partial charge in [-0.2, -0.15) is 0 Å². The Hall–Kier alpha value is -1.52. The number of methoxy groups -OCH3 is 1. The minimum absolute atomic E-state index is 0.163. The van der Waals surface area contributed by atoms with Crippen molar-refractivity contribution in [3.63, 3.8) is 0 Å². The molecule has 2 N–H and O–H groups in total. The van der Waals surface area contributed by atoms with E-state index in [1.54, 1.807) is 7.11 Å². The number of hydrogen-bond acceptors (Lipinski definition) is 4. The van der Waals surface area contributed by atoms with Gasteiger partial charge in [-0.15, -0.1) is 11.3 Å². The van der Waals surface area contributed by atoms with Crippen molar-refractivity contribution in [2.24, 2.45) is 5.73 Å². The van der Waals surface area contributed by atoms with Crippen LogP contribution in [0, 0.1) is 13.8 Å². The summed E-state index contributed by atoms with van der Waals surface area (Å²) >= 11 is 1.82. The number of thiophene rings is 1. The first-order valence-corrected chi connectivity index (χ1v) is 7.53. The predicted molar refractivity (Wildman–Crippen MR) is 87.0 cm³/mol. The molecule has 0 amide bonds. The fraction of sp³-hybridized carbons (Fsp3) is 0.375. The molecule has 1 aromatic heterocycles. The van der Waals surface area contributed by atoms with E-state index in [1.165, 1.54) is 15.3 Å². The van der Waals surface area contributed by atoms with Crippen molar-refractivity contribution < 1.29 is 4.74 Å². The molecule has 0 saturated heterocycles. The second-order valence-electron chi connectivity index (χ2n) is 4.90. The van der Waals surface area contributed by atoms with Crippen LogP contribution in [0.25, 0.3) is 0 Å². The van der Waals surface area contributed by atoms with E-state index in [4.69, 9.17) is 10.5 Å². The van der Waals surface area contributed by atoms with Crippen LogP contribution in [0.3, 0.4) is 0 Å². The standard InChI is InChI=1S/C16H22N2OS/c1-11-9-13(12(2)20-11)15(10-17)18(3)14-7-5-6-8-16(14)19-4/h5-9,15H,10,17H2,1-4H3. The molecule has 0 aliphatic heterocycles. The number of hydrogen-bond donors (Lipinski definition) is 1. The van der Waals surface area contributed by atoms with Gasteiger partial charge in [0.05, 0.1) is 18.8 Å². The molecular weight excluding hydrogens is 268 g/mol.